The highest BCUT2D eigenvalue weighted by molar-refractivity contribution is 5.95. The highest BCUT2D eigenvalue weighted by atomic mass is 16.3. The molecule has 0 aliphatic carbocycles. The fourth-order valence-corrected chi connectivity index (χ4v) is 1.15. The molecule has 1 N–H and O–H groups in total. The number of pyridine rings is 1. The van der Waals surface area contributed by atoms with E-state index >= 15 is 0 Å². The van der Waals surface area contributed by atoms with Gasteiger partial charge in [-0.25, -0.2) is 0 Å². The smallest absolute Gasteiger partial charge is 0.273 e. The van der Waals surface area contributed by atoms with Gasteiger partial charge in [0.15, 0.2) is 0 Å². The first kappa shape index (κ1) is 8.50. The molecule has 2 aromatic heterocycles. The average molecular weight is 188 g/mol. The van der Waals surface area contributed by atoms with Crippen molar-refractivity contribution in [2.45, 2.75) is 0 Å². The molecule has 0 atom stereocenters. The van der Waals surface area contributed by atoms with E-state index < -0.39 is 0 Å². The lowest BCUT2D eigenvalue weighted by molar-refractivity contribution is 0.0965. The van der Waals surface area contributed by atoms with Gasteiger partial charge in [0.1, 0.15) is 11.3 Å². The third-order valence-corrected chi connectivity index (χ3v) is 1.80. The van der Waals surface area contributed by atoms with Gasteiger partial charge < -0.3 is 9.73 Å². The highest BCUT2D eigenvalue weighted by Gasteiger charge is 2.07. The summed E-state index contributed by atoms with van der Waals surface area (Å²) < 4.78 is 5.14. The van der Waals surface area contributed by atoms with Crippen LogP contribution in [0.5, 0.6) is 0 Å². The summed E-state index contributed by atoms with van der Waals surface area (Å²) in [6.07, 6.45) is 4.47. The summed E-state index contributed by atoms with van der Waals surface area (Å²) in [5.41, 5.74) is 0.960. The number of nitrogens with zero attached hydrogens (tertiary/aromatic N) is 1. The van der Waals surface area contributed by atoms with E-state index in [0.717, 1.165) is 5.39 Å². The molecule has 0 aliphatic heterocycles. The van der Waals surface area contributed by atoms with E-state index in [2.05, 4.69) is 16.9 Å². The lowest BCUT2D eigenvalue weighted by Crippen LogP contribution is -2.17. The van der Waals surface area contributed by atoms with Gasteiger partial charge >= 0.3 is 0 Å². The Morgan fingerprint density at radius 2 is 2.50 bits per heavy atom. The Balaban J connectivity index is 2.43. The summed E-state index contributed by atoms with van der Waals surface area (Å²) in [6.45, 7) is 3.40. The van der Waals surface area contributed by atoms with E-state index in [-0.39, 0.29) is 5.91 Å². The van der Waals surface area contributed by atoms with Crippen molar-refractivity contribution >= 4 is 16.9 Å². The molecule has 0 fully saturated rings. The van der Waals surface area contributed by atoms with Crippen molar-refractivity contribution in [3.05, 3.63) is 43.1 Å². The van der Waals surface area contributed by atoms with Crippen molar-refractivity contribution in [1.82, 2.24) is 10.3 Å². The molecular formula is C10H8N2O2. The van der Waals surface area contributed by atoms with E-state index in [9.17, 15) is 4.79 Å². The molecule has 14 heavy (non-hydrogen) atoms. The Labute approximate surface area is 80.2 Å². The molecule has 0 radical (unpaired) electrons. The monoisotopic (exact) mass is 188 g/mol. The van der Waals surface area contributed by atoms with Gasteiger partial charge in [0.25, 0.3) is 5.91 Å². The second-order valence-electron chi connectivity index (χ2n) is 2.71. The molecule has 2 heterocycles. The van der Waals surface area contributed by atoms with Crippen LogP contribution in [-0.4, -0.2) is 10.9 Å². The van der Waals surface area contributed by atoms with Gasteiger partial charge in [0, 0.05) is 17.6 Å². The maximum absolute atomic E-state index is 11.3. The van der Waals surface area contributed by atoms with Crippen molar-refractivity contribution in [2.24, 2.45) is 0 Å². The quantitative estimate of drug-likeness (QED) is 0.780. The summed E-state index contributed by atoms with van der Waals surface area (Å²) in [5, 5.41) is 3.31. The Bertz CT molecular complexity index is 488. The van der Waals surface area contributed by atoms with Crippen LogP contribution >= 0.6 is 0 Å². The van der Waals surface area contributed by atoms with Crippen molar-refractivity contribution < 1.29 is 9.21 Å². The SMILES string of the molecule is C=CNC(=O)c1cc2occc2cn1. The van der Waals surface area contributed by atoms with Crippen LogP contribution in [0, 0.1) is 0 Å². The maximum Gasteiger partial charge on any atom is 0.273 e. The van der Waals surface area contributed by atoms with Crippen LogP contribution in [0.25, 0.3) is 11.0 Å². The molecule has 0 aliphatic rings. The van der Waals surface area contributed by atoms with Crippen molar-refractivity contribution in [1.29, 1.82) is 0 Å². The molecule has 0 aromatic carbocycles. The van der Waals surface area contributed by atoms with Crippen LogP contribution in [0.15, 0.2) is 41.8 Å². The normalized spacial score (nSPS) is 10.0. The zero-order valence-electron chi connectivity index (χ0n) is 7.36. The molecule has 0 bridgehead atoms. The Kier molecular flexibility index (Phi) is 2.02. The largest absolute Gasteiger partial charge is 0.464 e. The second kappa shape index (κ2) is 3.33. The van der Waals surface area contributed by atoms with Gasteiger partial charge in [-0.05, 0) is 12.3 Å². The van der Waals surface area contributed by atoms with E-state index in [0.29, 0.717) is 11.3 Å². The number of rotatable bonds is 2. The van der Waals surface area contributed by atoms with E-state index in [1.54, 1.807) is 24.6 Å². The minimum Gasteiger partial charge on any atom is -0.464 e. The van der Waals surface area contributed by atoms with Crippen LogP contribution in [0.3, 0.4) is 0 Å². The standard InChI is InChI=1S/C10H8N2O2/c1-2-11-10(13)8-5-9-7(6-12-8)3-4-14-9/h2-6H,1H2,(H,11,13). The summed E-state index contributed by atoms with van der Waals surface area (Å²) in [6, 6.07) is 3.38. The number of nitrogens with one attached hydrogen (secondary N) is 1. The van der Waals surface area contributed by atoms with Crippen molar-refractivity contribution in [3.8, 4) is 0 Å². The second-order valence-corrected chi connectivity index (χ2v) is 2.71. The van der Waals surface area contributed by atoms with Gasteiger partial charge in [0.2, 0.25) is 0 Å². The molecule has 4 nitrogen and oxygen atoms in total. The molecular weight excluding hydrogens is 180 g/mol. The highest BCUT2D eigenvalue weighted by Crippen LogP contribution is 2.14. The molecule has 70 valence electrons. The molecule has 0 saturated carbocycles. The molecule has 0 unspecified atom stereocenters. The third-order valence-electron chi connectivity index (χ3n) is 1.80. The summed E-state index contributed by atoms with van der Waals surface area (Å²) in [4.78, 5) is 15.3. The number of aromatic nitrogens is 1. The minimum absolute atomic E-state index is 0.293. The topological polar surface area (TPSA) is 55.1 Å². The van der Waals surface area contributed by atoms with Crippen LogP contribution in [0.4, 0.5) is 0 Å². The van der Waals surface area contributed by atoms with E-state index in [4.69, 9.17) is 4.42 Å². The third kappa shape index (κ3) is 1.37. The van der Waals surface area contributed by atoms with E-state index in [1.807, 2.05) is 0 Å². The Morgan fingerprint density at radius 1 is 1.64 bits per heavy atom. The van der Waals surface area contributed by atoms with Gasteiger partial charge in [0.05, 0.1) is 6.26 Å². The van der Waals surface area contributed by atoms with Gasteiger partial charge in [-0.1, -0.05) is 6.58 Å². The van der Waals surface area contributed by atoms with Crippen LogP contribution < -0.4 is 5.32 Å². The predicted molar refractivity (Wildman–Crippen MR) is 51.7 cm³/mol. The van der Waals surface area contributed by atoms with Crippen molar-refractivity contribution in [2.75, 3.05) is 0 Å². The molecule has 0 saturated heterocycles. The van der Waals surface area contributed by atoms with Crippen LogP contribution in [0.2, 0.25) is 0 Å². The Hall–Kier alpha value is -2.10. The van der Waals surface area contributed by atoms with Gasteiger partial charge in [-0.3, -0.25) is 9.78 Å². The number of amides is 1. The number of hydrogen-bond donors (Lipinski definition) is 1. The average Bonchev–Trinajstić information content (AvgIpc) is 2.64. The lowest BCUT2D eigenvalue weighted by Gasteiger charge is -1.97. The predicted octanol–water partition coefficient (Wildman–Crippen LogP) is 1.70. The first-order chi connectivity index (χ1) is 6.81. The molecule has 2 rings (SSSR count). The van der Waals surface area contributed by atoms with E-state index in [1.165, 1.54) is 6.20 Å². The summed E-state index contributed by atoms with van der Waals surface area (Å²) in [5.74, 6) is -0.293. The fraction of sp³-hybridized carbons (Fsp3) is 0. The molecule has 0 spiro atoms. The fourth-order valence-electron chi connectivity index (χ4n) is 1.15. The Morgan fingerprint density at radius 3 is 3.29 bits per heavy atom. The molecule has 4 heteroatoms. The number of hydrogen-bond acceptors (Lipinski definition) is 3. The first-order valence-electron chi connectivity index (χ1n) is 4.06. The number of fused-ring (bicyclic) bond motifs is 1. The van der Waals surface area contributed by atoms with Gasteiger partial charge in [-0.15, -0.1) is 0 Å². The van der Waals surface area contributed by atoms with Crippen LogP contribution in [0.1, 0.15) is 10.5 Å². The van der Waals surface area contributed by atoms with Crippen LogP contribution in [-0.2, 0) is 0 Å². The van der Waals surface area contributed by atoms with Crippen molar-refractivity contribution in [3.63, 3.8) is 0 Å². The molecule has 1 amide bonds. The summed E-state index contributed by atoms with van der Waals surface area (Å²) in [7, 11) is 0. The number of carbonyl (C=O) groups excluding carboxylic acids is 1. The number of carbonyl (C=O) groups is 1. The van der Waals surface area contributed by atoms with Gasteiger partial charge in [-0.2, -0.15) is 0 Å². The lowest BCUT2D eigenvalue weighted by atomic mass is 10.3. The maximum atomic E-state index is 11.3. The zero-order valence-corrected chi connectivity index (χ0v) is 7.36. The number of furan rings is 1. The zero-order chi connectivity index (χ0) is 9.97. The first-order valence-corrected chi connectivity index (χ1v) is 4.06. The summed E-state index contributed by atoms with van der Waals surface area (Å²) >= 11 is 0. The molecule has 2 aromatic rings. The minimum atomic E-state index is -0.293.